The van der Waals surface area contributed by atoms with Crippen LogP contribution in [0, 0.1) is 11.8 Å². The number of carbonyl (C=O) groups is 1. The molecular weight excluding hydrogens is 340 g/mol. The lowest BCUT2D eigenvalue weighted by Gasteiger charge is -2.18. The Morgan fingerprint density at radius 2 is 1.78 bits per heavy atom. The standard InChI is InChI=1S/C23H36O4/c1-3-4-5-6-7-8-9-10-11-12-19-13-17-22(24)21(19)16-14-20(27-2)15-18-23(25)26/h4-5,7-8,10-11,14,16,19-22,24H,3,6,9,12-13,15,17-18H2,1-2H3,(H,25,26)/b5-4-,8-7-,11-10-,16-14+/t19-,20?,21-,22-/m0/s1. The van der Waals surface area contributed by atoms with Crippen LogP contribution in [0.5, 0.6) is 0 Å². The number of hydrogen-bond acceptors (Lipinski definition) is 3. The first-order valence-corrected chi connectivity index (χ1v) is 10.1. The highest BCUT2D eigenvalue weighted by Crippen LogP contribution is 2.36. The van der Waals surface area contributed by atoms with Gasteiger partial charge in [0.15, 0.2) is 0 Å². The Balaban J connectivity index is 2.43. The predicted molar refractivity (Wildman–Crippen MR) is 111 cm³/mol. The smallest absolute Gasteiger partial charge is 0.303 e. The van der Waals surface area contributed by atoms with E-state index in [-0.39, 0.29) is 24.5 Å². The number of aliphatic hydroxyl groups excluding tert-OH is 1. The lowest BCUT2D eigenvalue weighted by molar-refractivity contribution is -0.137. The Bertz CT molecular complexity index is 518. The van der Waals surface area contributed by atoms with Gasteiger partial charge < -0.3 is 14.9 Å². The lowest BCUT2D eigenvalue weighted by atomic mass is 9.90. The summed E-state index contributed by atoms with van der Waals surface area (Å²) < 4.78 is 5.33. The van der Waals surface area contributed by atoms with Gasteiger partial charge in [0.05, 0.1) is 12.2 Å². The fourth-order valence-corrected chi connectivity index (χ4v) is 3.43. The van der Waals surface area contributed by atoms with E-state index in [4.69, 9.17) is 9.84 Å². The van der Waals surface area contributed by atoms with Gasteiger partial charge in [0.1, 0.15) is 0 Å². The summed E-state index contributed by atoms with van der Waals surface area (Å²) in [5, 5.41) is 19.1. The first kappa shape index (κ1) is 23.4. The number of carboxylic acid groups (broad SMARTS) is 1. The van der Waals surface area contributed by atoms with Crippen molar-refractivity contribution in [1.29, 1.82) is 0 Å². The molecule has 0 aromatic carbocycles. The normalized spacial score (nSPS) is 24.8. The zero-order valence-electron chi connectivity index (χ0n) is 16.8. The molecule has 1 fully saturated rings. The topological polar surface area (TPSA) is 66.8 Å². The van der Waals surface area contributed by atoms with Crippen LogP contribution in [0.3, 0.4) is 0 Å². The number of aliphatic hydroxyl groups is 1. The predicted octanol–water partition coefficient (Wildman–Crippen LogP) is 5.06. The fourth-order valence-electron chi connectivity index (χ4n) is 3.43. The van der Waals surface area contributed by atoms with Crippen LogP contribution in [0.1, 0.15) is 58.3 Å². The highest BCUT2D eigenvalue weighted by Gasteiger charge is 2.32. The van der Waals surface area contributed by atoms with Gasteiger partial charge >= 0.3 is 5.97 Å². The maximum atomic E-state index is 10.7. The highest BCUT2D eigenvalue weighted by molar-refractivity contribution is 5.66. The van der Waals surface area contributed by atoms with Crippen molar-refractivity contribution in [2.75, 3.05) is 7.11 Å². The van der Waals surface area contributed by atoms with E-state index in [2.05, 4.69) is 43.4 Å². The molecule has 0 aliphatic heterocycles. The third kappa shape index (κ3) is 10.3. The van der Waals surface area contributed by atoms with Crippen LogP contribution in [0.25, 0.3) is 0 Å². The minimum Gasteiger partial charge on any atom is -0.481 e. The molecule has 1 saturated carbocycles. The van der Waals surface area contributed by atoms with Crippen LogP contribution in [0.4, 0.5) is 0 Å². The summed E-state index contributed by atoms with van der Waals surface area (Å²) in [6.45, 7) is 2.14. The molecule has 4 nitrogen and oxygen atoms in total. The third-order valence-corrected chi connectivity index (χ3v) is 5.03. The molecule has 1 rings (SSSR count). The van der Waals surface area contributed by atoms with Gasteiger partial charge in [-0.05, 0) is 50.9 Å². The Labute approximate surface area is 164 Å². The average Bonchev–Trinajstić information content (AvgIpc) is 3.00. The molecule has 27 heavy (non-hydrogen) atoms. The van der Waals surface area contributed by atoms with Gasteiger partial charge in [0.2, 0.25) is 0 Å². The number of aliphatic carboxylic acids is 1. The Morgan fingerprint density at radius 3 is 2.41 bits per heavy atom. The van der Waals surface area contributed by atoms with Crippen LogP contribution in [0.2, 0.25) is 0 Å². The first-order chi connectivity index (χ1) is 13.1. The van der Waals surface area contributed by atoms with Crippen LogP contribution < -0.4 is 0 Å². The average molecular weight is 377 g/mol. The summed E-state index contributed by atoms with van der Waals surface area (Å²) in [5.74, 6) is -0.266. The maximum absolute atomic E-state index is 10.7. The van der Waals surface area contributed by atoms with E-state index in [0.717, 1.165) is 38.5 Å². The van der Waals surface area contributed by atoms with Crippen molar-refractivity contribution in [3.63, 3.8) is 0 Å². The van der Waals surface area contributed by atoms with E-state index < -0.39 is 5.97 Å². The number of methoxy groups -OCH3 is 1. The van der Waals surface area contributed by atoms with Crippen molar-refractivity contribution in [2.24, 2.45) is 11.8 Å². The number of hydrogen-bond donors (Lipinski definition) is 2. The minimum atomic E-state index is -0.815. The van der Waals surface area contributed by atoms with Crippen LogP contribution >= 0.6 is 0 Å². The van der Waals surface area contributed by atoms with E-state index in [1.165, 1.54) is 0 Å². The molecule has 152 valence electrons. The zero-order valence-corrected chi connectivity index (χ0v) is 16.8. The van der Waals surface area contributed by atoms with Gasteiger partial charge in [-0.3, -0.25) is 4.79 Å². The summed E-state index contributed by atoms with van der Waals surface area (Å²) in [4.78, 5) is 10.7. The van der Waals surface area contributed by atoms with Gasteiger partial charge in [-0.25, -0.2) is 0 Å². The molecule has 0 aromatic heterocycles. The molecule has 4 heteroatoms. The monoisotopic (exact) mass is 376 g/mol. The molecule has 2 N–H and O–H groups in total. The number of rotatable bonds is 13. The number of ether oxygens (including phenoxy) is 1. The van der Waals surface area contributed by atoms with E-state index >= 15 is 0 Å². The van der Waals surface area contributed by atoms with E-state index in [9.17, 15) is 9.90 Å². The molecular formula is C23H36O4. The molecule has 0 aromatic rings. The summed E-state index contributed by atoms with van der Waals surface area (Å²) in [7, 11) is 1.59. The Morgan fingerprint density at radius 1 is 1.11 bits per heavy atom. The lowest BCUT2D eigenvalue weighted by Crippen LogP contribution is -2.18. The molecule has 1 aliphatic carbocycles. The second-order valence-electron chi connectivity index (χ2n) is 7.10. The summed E-state index contributed by atoms with van der Waals surface area (Å²) in [6.07, 6.45) is 22.9. The van der Waals surface area contributed by atoms with Crippen LogP contribution in [0.15, 0.2) is 48.6 Å². The van der Waals surface area contributed by atoms with Crippen molar-refractivity contribution in [2.45, 2.75) is 70.5 Å². The molecule has 0 amide bonds. The van der Waals surface area contributed by atoms with Crippen LogP contribution in [-0.4, -0.2) is 35.5 Å². The van der Waals surface area contributed by atoms with Crippen LogP contribution in [-0.2, 0) is 9.53 Å². The summed E-state index contributed by atoms with van der Waals surface area (Å²) in [6, 6.07) is 0. The van der Waals surface area contributed by atoms with Crippen molar-refractivity contribution >= 4 is 5.97 Å². The first-order valence-electron chi connectivity index (χ1n) is 10.1. The molecule has 4 atom stereocenters. The van der Waals surface area contributed by atoms with Gasteiger partial charge in [0.25, 0.3) is 0 Å². The van der Waals surface area contributed by atoms with E-state index in [1.807, 2.05) is 12.2 Å². The number of carboxylic acids is 1. The molecule has 0 spiro atoms. The van der Waals surface area contributed by atoms with Crippen molar-refractivity contribution in [3.05, 3.63) is 48.6 Å². The molecule has 0 saturated heterocycles. The minimum absolute atomic E-state index is 0.0873. The fraction of sp³-hybridized carbons (Fsp3) is 0.609. The Hall–Kier alpha value is -1.65. The summed E-state index contributed by atoms with van der Waals surface area (Å²) >= 11 is 0. The summed E-state index contributed by atoms with van der Waals surface area (Å²) in [5.41, 5.74) is 0. The second kappa shape index (κ2) is 14.4. The third-order valence-electron chi connectivity index (χ3n) is 5.03. The van der Waals surface area contributed by atoms with Gasteiger partial charge in [-0.15, -0.1) is 0 Å². The van der Waals surface area contributed by atoms with Gasteiger partial charge in [0, 0.05) is 19.4 Å². The van der Waals surface area contributed by atoms with Gasteiger partial charge in [-0.1, -0.05) is 55.5 Å². The number of allylic oxidation sites excluding steroid dienone is 6. The van der Waals surface area contributed by atoms with E-state index in [1.54, 1.807) is 7.11 Å². The van der Waals surface area contributed by atoms with E-state index in [0.29, 0.717) is 12.3 Å². The van der Waals surface area contributed by atoms with Crippen molar-refractivity contribution in [3.8, 4) is 0 Å². The zero-order chi connectivity index (χ0) is 19.9. The van der Waals surface area contributed by atoms with Crippen molar-refractivity contribution < 1.29 is 19.7 Å². The highest BCUT2D eigenvalue weighted by atomic mass is 16.5. The molecule has 0 heterocycles. The molecule has 1 unspecified atom stereocenters. The molecule has 1 aliphatic rings. The quantitative estimate of drug-likeness (QED) is 0.441. The Kier molecular flexibility index (Phi) is 12.5. The van der Waals surface area contributed by atoms with Crippen molar-refractivity contribution in [1.82, 2.24) is 0 Å². The second-order valence-corrected chi connectivity index (χ2v) is 7.10. The largest absolute Gasteiger partial charge is 0.481 e. The van der Waals surface area contributed by atoms with Gasteiger partial charge in [-0.2, -0.15) is 0 Å². The maximum Gasteiger partial charge on any atom is 0.303 e. The molecule has 0 bridgehead atoms. The SMILES string of the molecule is CC/C=C\C/C=C\C/C=C\C[C@H]1CC[C@H](O)[C@H]1/C=C/C(CCC(=O)O)OC. The molecule has 0 radical (unpaired) electrons.